The van der Waals surface area contributed by atoms with Crippen molar-refractivity contribution in [3.63, 3.8) is 0 Å². The molecule has 1 aliphatic carbocycles. The fraction of sp³-hybridized carbons (Fsp3) is 0.812. The molecular formula is C16H27ClN2O5. The van der Waals surface area contributed by atoms with Crippen LogP contribution in [0.2, 0.25) is 0 Å². The Hall–Kier alpha value is -1.50. The minimum absolute atomic E-state index is 0.0349. The standard InChI is InChI=1S/C16H27ClN2O5/c1-16(2,3)24-15(23)18-8-9-19(13(20)10-17)12-6-4-11(5-7-12)14(21)22/h11-12H,4-10H2,1-3H3,(H,18,23)(H,21,22). The Morgan fingerprint density at radius 3 is 2.25 bits per heavy atom. The van der Waals surface area contributed by atoms with Crippen LogP contribution >= 0.6 is 11.6 Å². The lowest BCUT2D eigenvalue weighted by Gasteiger charge is -2.36. The molecule has 0 atom stereocenters. The molecule has 0 saturated heterocycles. The van der Waals surface area contributed by atoms with Gasteiger partial charge in [0.15, 0.2) is 0 Å². The second kappa shape index (κ2) is 9.11. The molecule has 0 aromatic carbocycles. The number of hydrogen-bond donors (Lipinski definition) is 2. The molecule has 138 valence electrons. The number of halogens is 1. The van der Waals surface area contributed by atoms with Gasteiger partial charge in [0.25, 0.3) is 0 Å². The van der Waals surface area contributed by atoms with E-state index in [1.165, 1.54) is 0 Å². The summed E-state index contributed by atoms with van der Waals surface area (Å²) in [6.45, 7) is 5.91. The van der Waals surface area contributed by atoms with Crippen LogP contribution in [0.1, 0.15) is 46.5 Å². The molecule has 8 heteroatoms. The van der Waals surface area contributed by atoms with E-state index in [0.29, 0.717) is 32.2 Å². The van der Waals surface area contributed by atoms with Crippen molar-refractivity contribution in [3.8, 4) is 0 Å². The molecule has 1 aliphatic rings. The first-order chi connectivity index (χ1) is 11.1. The largest absolute Gasteiger partial charge is 0.481 e. The number of nitrogens with zero attached hydrogens (tertiary/aromatic N) is 1. The topological polar surface area (TPSA) is 95.9 Å². The predicted octanol–water partition coefficient (Wildman–Crippen LogP) is 2.22. The maximum absolute atomic E-state index is 12.1. The molecule has 2 N–H and O–H groups in total. The van der Waals surface area contributed by atoms with Gasteiger partial charge in [-0.05, 0) is 46.5 Å². The highest BCUT2D eigenvalue weighted by molar-refractivity contribution is 6.27. The minimum atomic E-state index is -0.782. The van der Waals surface area contributed by atoms with Crippen LogP contribution in [0.25, 0.3) is 0 Å². The number of amides is 2. The summed E-state index contributed by atoms with van der Waals surface area (Å²) in [4.78, 5) is 36.4. The Balaban J connectivity index is 2.51. The van der Waals surface area contributed by atoms with Gasteiger partial charge in [0.05, 0.1) is 5.92 Å². The van der Waals surface area contributed by atoms with Crippen LogP contribution in [-0.2, 0) is 14.3 Å². The van der Waals surface area contributed by atoms with E-state index in [1.54, 1.807) is 25.7 Å². The normalized spacial score (nSPS) is 21.0. The maximum Gasteiger partial charge on any atom is 0.407 e. The number of carboxylic acid groups (broad SMARTS) is 1. The maximum atomic E-state index is 12.1. The molecule has 0 aliphatic heterocycles. The van der Waals surface area contributed by atoms with Crippen molar-refractivity contribution >= 4 is 29.6 Å². The first kappa shape index (κ1) is 20.5. The van der Waals surface area contributed by atoms with Gasteiger partial charge in [-0.3, -0.25) is 9.59 Å². The van der Waals surface area contributed by atoms with Gasteiger partial charge in [-0.15, -0.1) is 11.6 Å². The van der Waals surface area contributed by atoms with Gasteiger partial charge in [0.2, 0.25) is 5.91 Å². The molecule has 7 nitrogen and oxygen atoms in total. The summed E-state index contributed by atoms with van der Waals surface area (Å²) < 4.78 is 5.15. The average molecular weight is 363 g/mol. The van der Waals surface area contributed by atoms with Gasteiger partial charge >= 0.3 is 12.1 Å². The van der Waals surface area contributed by atoms with E-state index in [1.807, 2.05) is 0 Å². The lowest BCUT2D eigenvalue weighted by molar-refractivity contribution is -0.143. The number of aliphatic carboxylic acids is 1. The minimum Gasteiger partial charge on any atom is -0.481 e. The smallest absolute Gasteiger partial charge is 0.407 e. The molecule has 0 bridgehead atoms. The Morgan fingerprint density at radius 1 is 1.21 bits per heavy atom. The first-order valence-corrected chi connectivity index (χ1v) is 8.72. The molecule has 1 rings (SSSR count). The molecule has 1 fully saturated rings. The van der Waals surface area contributed by atoms with Gasteiger partial charge in [-0.25, -0.2) is 4.79 Å². The highest BCUT2D eigenvalue weighted by atomic mass is 35.5. The van der Waals surface area contributed by atoms with Crippen molar-refractivity contribution in [3.05, 3.63) is 0 Å². The molecule has 2 amide bonds. The van der Waals surface area contributed by atoms with Crippen LogP contribution in [0.4, 0.5) is 4.79 Å². The van der Waals surface area contributed by atoms with Crippen molar-refractivity contribution < 1.29 is 24.2 Å². The third-order valence-corrected chi connectivity index (χ3v) is 4.17. The summed E-state index contributed by atoms with van der Waals surface area (Å²) >= 11 is 5.68. The van der Waals surface area contributed by atoms with E-state index < -0.39 is 17.7 Å². The molecule has 1 saturated carbocycles. The molecule has 24 heavy (non-hydrogen) atoms. The highest BCUT2D eigenvalue weighted by Crippen LogP contribution is 2.28. The number of carbonyl (C=O) groups is 3. The number of carboxylic acids is 1. The Morgan fingerprint density at radius 2 is 1.79 bits per heavy atom. The summed E-state index contributed by atoms with van der Waals surface area (Å²) in [7, 11) is 0. The number of alkyl carbamates (subject to hydrolysis) is 1. The highest BCUT2D eigenvalue weighted by Gasteiger charge is 2.31. The second-order valence-corrected chi connectivity index (χ2v) is 7.26. The molecular weight excluding hydrogens is 336 g/mol. The van der Waals surface area contributed by atoms with E-state index in [0.717, 1.165) is 0 Å². The van der Waals surface area contributed by atoms with E-state index in [-0.39, 0.29) is 30.3 Å². The molecule has 0 aromatic rings. The van der Waals surface area contributed by atoms with E-state index in [2.05, 4.69) is 5.32 Å². The van der Waals surface area contributed by atoms with Crippen LogP contribution in [0.3, 0.4) is 0 Å². The Kier molecular flexibility index (Phi) is 7.79. The van der Waals surface area contributed by atoms with E-state index >= 15 is 0 Å². The molecule has 0 aromatic heterocycles. The summed E-state index contributed by atoms with van der Waals surface area (Å²) in [6.07, 6.45) is 1.82. The summed E-state index contributed by atoms with van der Waals surface area (Å²) in [6, 6.07) is -0.0349. The van der Waals surface area contributed by atoms with E-state index in [9.17, 15) is 14.4 Å². The average Bonchev–Trinajstić information content (AvgIpc) is 2.49. The molecule has 0 unspecified atom stereocenters. The molecule has 0 radical (unpaired) electrons. The number of ether oxygens (including phenoxy) is 1. The van der Waals surface area contributed by atoms with Gasteiger partial charge in [-0.2, -0.15) is 0 Å². The van der Waals surface area contributed by atoms with Gasteiger partial charge in [-0.1, -0.05) is 0 Å². The van der Waals surface area contributed by atoms with Crippen molar-refractivity contribution in [2.75, 3.05) is 19.0 Å². The number of nitrogens with one attached hydrogen (secondary N) is 1. The zero-order valence-corrected chi connectivity index (χ0v) is 15.3. The zero-order valence-electron chi connectivity index (χ0n) is 14.5. The van der Waals surface area contributed by atoms with Gasteiger partial charge in [0.1, 0.15) is 11.5 Å². The number of hydrogen-bond acceptors (Lipinski definition) is 4. The second-order valence-electron chi connectivity index (χ2n) is 6.99. The van der Waals surface area contributed by atoms with Crippen molar-refractivity contribution in [1.82, 2.24) is 10.2 Å². The third-order valence-electron chi connectivity index (χ3n) is 3.94. The first-order valence-electron chi connectivity index (χ1n) is 8.19. The number of rotatable bonds is 6. The van der Waals surface area contributed by atoms with Gasteiger partial charge < -0.3 is 20.1 Å². The number of alkyl halides is 1. The van der Waals surface area contributed by atoms with Crippen LogP contribution in [0, 0.1) is 5.92 Å². The van der Waals surface area contributed by atoms with Crippen molar-refractivity contribution in [2.45, 2.75) is 58.1 Å². The summed E-state index contributed by atoms with van der Waals surface area (Å²) in [5, 5.41) is 11.7. The summed E-state index contributed by atoms with van der Waals surface area (Å²) in [5.74, 6) is -1.46. The fourth-order valence-corrected chi connectivity index (χ4v) is 2.97. The monoisotopic (exact) mass is 362 g/mol. The fourth-order valence-electron chi connectivity index (χ4n) is 2.81. The Labute approximate surface area is 147 Å². The summed E-state index contributed by atoms with van der Waals surface area (Å²) in [5.41, 5.74) is -0.578. The van der Waals surface area contributed by atoms with Crippen LogP contribution in [-0.4, -0.2) is 58.6 Å². The van der Waals surface area contributed by atoms with E-state index in [4.69, 9.17) is 21.4 Å². The van der Waals surface area contributed by atoms with Crippen molar-refractivity contribution in [2.24, 2.45) is 5.92 Å². The van der Waals surface area contributed by atoms with Crippen LogP contribution < -0.4 is 5.32 Å². The van der Waals surface area contributed by atoms with Gasteiger partial charge in [0, 0.05) is 19.1 Å². The molecule has 0 spiro atoms. The lowest BCUT2D eigenvalue weighted by Crippen LogP contribution is -2.47. The Bertz CT molecular complexity index is 456. The van der Waals surface area contributed by atoms with Crippen LogP contribution in [0.15, 0.2) is 0 Å². The third kappa shape index (κ3) is 6.95. The number of carbonyl (C=O) groups excluding carboxylic acids is 2. The van der Waals surface area contributed by atoms with Crippen LogP contribution in [0.5, 0.6) is 0 Å². The quantitative estimate of drug-likeness (QED) is 0.706. The zero-order chi connectivity index (χ0) is 18.3. The predicted molar refractivity (Wildman–Crippen MR) is 90.1 cm³/mol. The molecule has 0 heterocycles. The lowest BCUT2D eigenvalue weighted by atomic mass is 9.85. The SMILES string of the molecule is CC(C)(C)OC(=O)NCCN(C(=O)CCl)C1CCC(C(=O)O)CC1. The van der Waals surface area contributed by atoms with Crippen molar-refractivity contribution in [1.29, 1.82) is 0 Å².